The number of aliphatic hydroxyl groups is 2. The number of phosphoric acid groups is 1. The molecule has 0 aliphatic rings. The maximum absolute atomic E-state index is 12.6. The van der Waals surface area contributed by atoms with E-state index in [-0.39, 0.29) is 19.4 Å². The van der Waals surface area contributed by atoms with Crippen molar-refractivity contribution in [3.05, 3.63) is 24.3 Å². The molecule has 0 saturated heterocycles. The van der Waals surface area contributed by atoms with Crippen molar-refractivity contribution < 1.29 is 47.8 Å². The average Bonchev–Trinajstić information content (AvgIpc) is 3.16. The topological polar surface area (TPSA) is 149 Å². The molecule has 0 amide bonds. The summed E-state index contributed by atoms with van der Waals surface area (Å²) in [7, 11) is -4.62. The van der Waals surface area contributed by atoms with E-state index in [1.807, 2.05) is 0 Å². The van der Waals surface area contributed by atoms with Gasteiger partial charge in [-0.25, -0.2) is 4.57 Å². The number of phosphoric ester groups is 1. The quantitative estimate of drug-likeness (QED) is 0.0236. The van der Waals surface area contributed by atoms with Gasteiger partial charge in [0, 0.05) is 12.8 Å². The van der Waals surface area contributed by atoms with Crippen LogP contribution in [0.3, 0.4) is 0 Å². The molecule has 0 spiro atoms. The van der Waals surface area contributed by atoms with E-state index in [2.05, 4.69) is 42.7 Å². The van der Waals surface area contributed by atoms with Crippen LogP contribution in [0.4, 0.5) is 0 Å². The number of rotatable bonds is 41. The molecular weight excluding hydrogens is 707 g/mol. The molecule has 0 radical (unpaired) electrons. The number of allylic oxidation sites excluding steroid dienone is 4. The third-order valence-corrected chi connectivity index (χ3v) is 10.3. The maximum Gasteiger partial charge on any atom is 0.472 e. The molecule has 0 bridgehead atoms. The summed E-state index contributed by atoms with van der Waals surface area (Å²) >= 11 is 0. The SMILES string of the molecule is CCC/C=C\C/C=C\CCCCCCCC(=O)OC(COC(=O)CCCCCCCCCCCCCCCCCCCC)COP(=O)(O)OCC(O)CO. The van der Waals surface area contributed by atoms with Gasteiger partial charge in [0.25, 0.3) is 0 Å². The molecule has 0 aliphatic heterocycles. The lowest BCUT2D eigenvalue weighted by atomic mass is 10.0. The van der Waals surface area contributed by atoms with Crippen LogP contribution in [0.2, 0.25) is 0 Å². The number of hydrogen-bond donors (Lipinski definition) is 3. The molecule has 0 heterocycles. The first-order valence-corrected chi connectivity index (χ1v) is 23.3. The van der Waals surface area contributed by atoms with Gasteiger partial charge in [-0.05, 0) is 38.5 Å². The highest BCUT2D eigenvalue weighted by molar-refractivity contribution is 7.47. The monoisotopic (exact) mass is 789 g/mol. The van der Waals surface area contributed by atoms with Crippen LogP contribution in [-0.4, -0.2) is 65.7 Å². The molecule has 0 rings (SSSR count). The first kappa shape index (κ1) is 52.5. The van der Waals surface area contributed by atoms with E-state index >= 15 is 0 Å². The molecule has 0 saturated carbocycles. The Morgan fingerprint density at radius 1 is 0.556 bits per heavy atom. The molecule has 3 atom stereocenters. The van der Waals surface area contributed by atoms with Crippen LogP contribution in [0.25, 0.3) is 0 Å². The zero-order valence-corrected chi connectivity index (χ0v) is 35.3. The van der Waals surface area contributed by atoms with Crippen molar-refractivity contribution in [1.82, 2.24) is 0 Å². The normalized spacial score (nSPS) is 14.1. The highest BCUT2D eigenvalue weighted by Gasteiger charge is 2.27. The zero-order chi connectivity index (χ0) is 39.8. The summed E-state index contributed by atoms with van der Waals surface area (Å²) in [5.41, 5.74) is 0. The molecule has 3 unspecified atom stereocenters. The highest BCUT2D eigenvalue weighted by Crippen LogP contribution is 2.43. The third-order valence-electron chi connectivity index (χ3n) is 9.34. The van der Waals surface area contributed by atoms with Crippen LogP contribution >= 0.6 is 7.82 Å². The van der Waals surface area contributed by atoms with Crippen LogP contribution in [0.1, 0.15) is 200 Å². The minimum absolute atomic E-state index is 0.170. The molecule has 11 heteroatoms. The van der Waals surface area contributed by atoms with Crippen LogP contribution in [-0.2, 0) is 32.7 Å². The third kappa shape index (κ3) is 38.7. The highest BCUT2D eigenvalue weighted by atomic mass is 31.2. The van der Waals surface area contributed by atoms with Gasteiger partial charge in [0.1, 0.15) is 12.7 Å². The molecule has 0 aliphatic carbocycles. The van der Waals surface area contributed by atoms with Crippen LogP contribution in [0, 0.1) is 0 Å². The van der Waals surface area contributed by atoms with Gasteiger partial charge in [-0.3, -0.25) is 18.6 Å². The Morgan fingerprint density at radius 2 is 1.00 bits per heavy atom. The van der Waals surface area contributed by atoms with Crippen molar-refractivity contribution in [3.63, 3.8) is 0 Å². The number of carbonyl (C=O) groups excluding carboxylic acids is 2. The van der Waals surface area contributed by atoms with Crippen molar-refractivity contribution in [1.29, 1.82) is 0 Å². The summed E-state index contributed by atoms with van der Waals surface area (Å²) in [6, 6.07) is 0. The van der Waals surface area contributed by atoms with Crippen molar-refractivity contribution in [3.8, 4) is 0 Å². The van der Waals surface area contributed by atoms with Gasteiger partial charge in [0.2, 0.25) is 0 Å². The summed E-state index contributed by atoms with van der Waals surface area (Å²) in [6.07, 6.45) is 38.6. The molecule has 0 aromatic rings. The lowest BCUT2D eigenvalue weighted by Crippen LogP contribution is -2.29. The van der Waals surface area contributed by atoms with Crippen molar-refractivity contribution in [2.45, 2.75) is 212 Å². The summed E-state index contributed by atoms with van der Waals surface area (Å²) < 4.78 is 32.7. The predicted molar refractivity (Wildman–Crippen MR) is 219 cm³/mol. The van der Waals surface area contributed by atoms with Gasteiger partial charge in [-0.2, -0.15) is 0 Å². The molecule has 10 nitrogen and oxygen atoms in total. The first-order chi connectivity index (χ1) is 26.2. The Hall–Kier alpha value is -1.55. The first-order valence-electron chi connectivity index (χ1n) is 21.8. The Labute approximate surface area is 329 Å². The smallest absolute Gasteiger partial charge is 0.462 e. The molecule has 0 fully saturated rings. The number of esters is 2. The van der Waals surface area contributed by atoms with E-state index in [0.29, 0.717) is 12.8 Å². The number of aliphatic hydroxyl groups excluding tert-OH is 2. The Kier molecular flexibility index (Phi) is 38.5. The van der Waals surface area contributed by atoms with E-state index in [1.165, 1.54) is 96.3 Å². The number of carbonyl (C=O) groups is 2. The van der Waals surface area contributed by atoms with Gasteiger partial charge < -0.3 is 24.6 Å². The van der Waals surface area contributed by atoms with E-state index in [4.69, 9.17) is 19.1 Å². The second-order valence-electron chi connectivity index (χ2n) is 14.7. The van der Waals surface area contributed by atoms with E-state index in [0.717, 1.165) is 64.2 Å². The molecule has 0 aromatic carbocycles. The second kappa shape index (κ2) is 39.7. The largest absolute Gasteiger partial charge is 0.472 e. The van der Waals surface area contributed by atoms with Crippen molar-refractivity contribution >= 4 is 19.8 Å². The predicted octanol–water partition coefficient (Wildman–Crippen LogP) is 11.4. The van der Waals surface area contributed by atoms with Crippen molar-refractivity contribution in [2.24, 2.45) is 0 Å². The molecule has 318 valence electrons. The minimum Gasteiger partial charge on any atom is -0.462 e. The van der Waals surface area contributed by atoms with Crippen LogP contribution in [0.5, 0.6) is 0 Å². The summed E-state index contributed by atoms with van der Waals surface area (Å²) in [5, 5.41) is 18.3. The fraction of sp³-hybridized carbons (Fsp3) is 0.860. The summed E-state index contributed by atoms with van der Waals surface area (Å²) in [4.78, 5) is 34.9. The molecule has 54 heavy (non-hydrogen) atoms. The minimum atomic E-state index is -4.62. The van der Waals surface area contributed by atoms with Gasteiger partial charge in [0.05, 0.1) is 19.8 Å². The lowest BCUT2D eigenvalue weighted by molar-refractivity contribution is -0.161. The second-order valence-corrected chi connectivity index (χ2v) is 16.2. The van der Waals surface area contributed by atoms with Crippen molar-refractivity contribution in [2.75, 3.05) is 26.4 Å². The van der Waals surface area contributed by atoms with Gasteiger partial charge in [-0.15, -0.1) is 0 Å². The Balaban J connectivity index is 4.24. The fourth-order valence-electron chi connectivity index (χ4n) is 5.97. The zero-order valence-electron chi connectivity index (χ0n) is 34.4. The van der Waals surface area contributed by atoms with E-state index in [1.54, 1.807) is 0 Å². The Bertz CT molecular complexity index is 957. The maximum atomic E-state index is 12.6. The Morgan fingerprint density at radius 3 is 1.50 bits per heavy atom. The molecule has 3 N–H and O–H groups in total. The number of unbranched alkanes of at least 4 members (excludes halogenated alkanes) is 23. The number of hydrogen-bond acceptors (Lipinski definition) is 9. The van der Waals surface area contributed by atoms with Crippen LogP contribution < -0.4 is 0 Å². The van der Waals surface area contributed by atoms with Gasteiger partial charge >= 0.3 is 19.8 Å². The van der Waals surface area contributed by atoms with E-state index in [9.17, 15) is 24.2 Å². The molecular formula is C43H81O10P. The molecule has 0 aromatic heterocycles. The fourth-order valence-corrected chi connectivity index (χ4v) is 6.76. The summed E-state index contributed by atoms with van der Waals surface area (Å²) in [5.74, 6) is -0.934. The van der Waals surface area contributed by atoms with Gasteiger partial charge in [-0.1, -0.05) is 173 Å². The van der Waals surface area contributed by atoms with E-state index < -0.39 is 51.8 Å². The lowest BCUT2D eigenvalue weighted by Gasteiger charge is -2.20. The van der Waals surface area contributed by atoms with Crippen LogP contribution in [0.15, 0.2) is 24.3 Å². The number of ether oxygens (including phenoxy) is 2. The standard InChI is InChI=1S/C43H81O10P/c1-3-5-7-9-11-13-15-17-18-19-20-21-23-24-26-28-30-32-34-42(46)50-38-41(39-52-54(48,49)51-37-40(45)36-44)53-43(47)35-33-31-29-27-25-22-16-14-12-10-8-6-4-2/h8,10,14,16,40-41,44-45H,3-7,9,11-13,15,17-39H2,1-2H3,(H,48,49)/b10-8-,16-14-. The average molecular weight is 789 g/mol. The van der Waals surface area contributed by atoms with Gasteiger partial charge in [0.15, 0.2) is 6.10 Å². The summed E-state index contributed by atoms with van der Waals surface area (Å²) in [6.45, 7) is 2.32.